The van der Waals surface area contributed by atoms with E-state index in [1.165, 1.54) is 15.9 Å². The summed E-state index contributed by atoms with van der Waals surface area (Å²) in [4.78, 5) is 41.8. The average molecular weight is 576 g/mol. The second-order valence-corrected chi connectivity index (χ2v) is 9.90. The Labute approximate surface area is 242 Å². The predicted molar refractivity (Wildman–Crippen MR) is 155 cm³/mol. The number of aliphatic hydroxyl groups is 1. The minimum absolute atomic E-state index is 0.179. The van der Waals surface area contributed by atoms with Gasteiger partial charge in [0, 0.05) is 10.7 Å². The van der Waals surface area contributed by atoms with E-state index >= 15 is 0 Å². The second kappa shape index (κ2) is 13.8. The fraction of sp³-hybridized carbons (Fsp3) is 0.241. The summed E-state index contributed by atoms with van der Waals surface area (Å²) in [6.45, 7) is 1.24. The first-order valence-corrected chi connectivity index (χ1v) is 13.2. The molecule has 2 N–H and O–H groups in total. The molecule has 0 aliphatic heterocycles. The molecule has 0 aliphatic carbocycles. The van der Waals surface area contributed by atoms with Crippen LogP contribution in [-0.4, -0.2) is 74.5 Å². The van der Waals surface area contributed by atoms with E-state index in [-0.39, 0.29) is 19.0 Å². The second-order valence-electron chi connectivity index (χ2n) is 9.47. The number of tetrazole rings is 1. The zero-order valence-corrected chi connectivity index (χ0v) is 23.3. The van der Waals surface area contributed by atoms with Gasteiger partial charge in [-0.25, -0.2) is 0 Å². The molecule has 0 spiro atoms. The molecule has 3 aromatic carbocycles. The molecule has 2 amide bonds. The summed E-state index contributed by atoms with van der Waals surface area (Å²) < 4.78 is 1.37. The zero-order chi connectivity index (χ0) is 29.4. The topological polar surface area (TPSA) is 134 Å². The van der Waals surface area contributed by atoms with Crippen LogP contribution in [-0.2, 0) is 20.8 Å². The van der Waals surface area contributed by atoms with Crippen LogP contribution in [0.4, 0.5) is 11.4 Å². The zero-order valence-electron chi connectivity index (χ0n) is 22.6. The predicted octanol–water partition coefficient (Wildman–Crippen LogP) is 3.08. The minimum Gasteiger partial charge on any atom is -0.389 e. The first-order valence-electron chi connectivity index (χ1n) is 12.9. The lowest BCUT2D eigenvalue weighted by Gasteiger charge is -2.30. The summed E-state index contributed by atoms with van der Waals surface area (Å²) in [6, 6.07) is 20.5. The monoisotopic (exact) mass is 575 g/mol. The molecule has 0 radical (unpaired) electrons. The van der Waals surface area contributed by atoms with E-state index in [2.05, 4.69) is 20.8 Å². The van der Waals surface area contributed by atoms with Crippen LogP contribution in [0.2, 0.25) is 5.02 Å². The Balaban J connectivity index is 1.59. The molecule has 0 saturated heterocycles. The molecular formula is C29H30ClN7O4. The largest absolute Gasteiger partial charge is 0.389 e. The van der Waals surface area contributed by atoms with Gasteiger partial charge in [-0.3, -0.25) is 14.5 Å². The number of aliphatic hydroxyl groups excluding tert-OH is 1. The van der Waals surface area contributed by atoms with Crippen molar-refractivity contribution in [3.63, 3.8) is 0 Å². The highest BCUT2D eigenvalue weighted by Gasteiger charge is 2.28. The number of nitrogens with zero attached hydrogens (tertiary/aromatic N) is 6. The first kappa shape index (κ1) is 29.5. The van der Waals surface area contributed by atoms with Crippen LogP contribution >= 0.6 is 11.6 Å². The maximum atomic E-state index is 13.7. The molecule has 0 bridgehead atoms. The summed E-state index contributed by atoms with van der Waals surface area (Å²) in [5.74, 6) is -0.739. The standard InChI is InChI=1S/C29H30ClN7O4/c1-20(39)22-8-11-24(12-9-22)32-29(41)27(16-21-6-4-3-5-7-21)35(2)18-28(40)36(14-15-38)26-17-23(30)10-13-25(26)37-19-31-33-34-37/h3-13,15,17,19-20,27,39H,14,16,18H2,1-2H3,(H,32,41). The van der Waals surface area contributed by atoms with E-state index in [1.807, 2.05) is 30.3 Å². The molecule has 41 heavy (non-hydrogen) atoms. The molecule has 4 rings (SSSR count). The molecule has 4 aromatic rings. The Kier molecular flexibility index (Phi) is 9.91. The summed E-state index contributed by atoms with van der Waals surface area (Å²) in [7, 11) is 1.68. The lowest BCUT2D eigenvalue weighted by Crippen LogP contribution is -2.49. The number of rotatable bonds is 12. The molecule has 12 heteroatoms. The maximum Gasteiger partial charge on any atom is 0.242 e. The van der Waals surface area contributed by atoms with Crippen molar-refractivity contribution in [3.05, 3.63) is 95.3 Å². The third-order valence-corrected chi connectivity index (χ3v) is 6.77. The van der Waals surface area contributed by atoms with Gasteiger partial charge in [-0.2, -0.15) is 4.68 Å². The normalized spacial score (nSPS) is 12.5. The molecule has 0 fully saturated rings. The van der Waals surface area contributed by atoms with E-state index in [4.69, 9.17) is 11.6 Å². The third-order valence-electron chi connectivity index (χ3n) is 6.53. The van der Waals surface area contributed by atoms with Crippen molar-refractivity contribution in [2.24, 2.45) is 0 Å². The minimum atomic E-state index is -0.728. The van der Waals surface area contributed by atoms with Gasteiger partial charge in [0.05, 0.1) is 36.6 Å². The van der Waals surface area contributed by atoms with Gasteiger partial charge in [0.2, 0.25) is 11.8 Å². The number of hydrogen-bond donors (Lipinski definition) is 2. The highest BCUT2D eigenvalue weighted by atomic mass is 35.5. The Bertz CT molecular complexity index is 1460. The van der Waals surface area contributed by atoms with Gasteiger partial charge < -0.3 is 20.1 Å². The van der Waals surface area contributed by atoms with Gasteiger partial charge >= 0.3 is 0 Å². The number of carbonyl (C=O) groups is 3. The number of amides is 2. The molecule has 0 saturated carbocycles. The average Bonchev–Trinajstić information content (AvgIpc) is 3.50. The van der Waals surface area contributed by atoms with E-state index in [0.29, 0.717) is 34.8 Å². The number of halogens is 1. The summed E-state index contributed by atoms with van der Waals surface area (Å²) in [5, 5.41) is 24.3. The quantitative estimate of drug-likeness (QED) is 0.246. The molecule has 1 aromatic heterocycles. The van der Waals surface area contributed by atoms with Crippen molar-refractivity contribution in [1.82, 2.24) is 25.1 Å². The number of anilines is 2. The van der Waals surface area contributed by atoms with Crippen LogP contribution in [0, 0.1) is 0 Å². The lowest BCUT2D eigenvalue weighted by molar-refractivity contribution is -0.124. The Morgan fingerprint density at radius 2 is 1.83 bits per heavy atom. The summed E-state index contributed by atoms with van der Waals surface area (Å²) >= 11 is 6.25. The molecule has 212 valence electrons. The SMILES string of the molecule is CC(O)c1ccc(NC(=O)C(Cc2ccccc2)N(C)CC(=O)N(CC=O)c2cc(Cl)ccc2-n2cnnn2)cc1. The lowest BCUT2D eigenvalue weighted by atomic mass is 10.0. The van der Waals surface area contributed by atoms with Crippen LogP contribution in [0.25, 0.3) is 5.69 Å². The highest BCUT2D eigenvalue weighted by molar-refractivity contribution is 6.31. The number of aromatic nitrogens is 4. The van der Waals surface area contributed by atoms with E-state index in [0.717, 1.165) is 11.1 Å². The molecule has 1 heterocycles. The molecule has 11 nitrogen and oxygen atoms in total. The molecule has 2 unspecified atom stereocenters. The smallest absolute Gasteiger partial charge is 0.242 e. The van der Waals surface area contributed by atoms with Crippen LogP contribution in [0.1, 0.15) is 24.2 Å². The van der Waals surface area contributed by atoms with Crippen LogP contribution in [0.3, 0.4) is 0 Å². The molecule has 2 atom stereocenters. The van der Waals surface area contributed by atoms with Crippen molar-refractivity contribution >= 4 is 41.1 Å². The fourth-order valence-electron chi connectivity index (χ4n) is 4.35. The number of hydrogen-bond acceptors (Lipinski definition) is 8. The van der Waals surface area contributed by atoms with E-state index in [1.54, 1.807) is 61.3 Å². The van der Waals surface area contributed by atoms with E-state index < -0.39 is 18.1 Å². The van der Waals surface area contributed by atoms with Crippen molar-refractivity contribution in [3.8, 4) is 5.69 Å². The van der Waals surface area contributed by atoms with Gasteiger partial charge in [-0.05, 0) is 72.3 Å². The van der Waals surface area contributed by atoms with Gasteiger partial charge in [0.15, 0.2) is 0 Å². The summed E-state index contributed by atoms with van der Waals surface area (Å²) in [6.07, 6.45) is 1.70. The number of likely N-dealkylation sites (N-methyl/N-ethyl adjacent to an activating group) is 1. The Morgan fingerprint density at radius 3 is 2.46 bits per heavy atom. The van der Waals surface area contributed by atoms with Crippen LogP contribution in [0.5, 0.6) is 0 Å². The fourth-order valence-corrected chi connectivity index (χ4v) is 4.52. The number of carbonyl (C=O) groups excluding carboxylic acids is 3. The summed E-state index contributed by atoms with van der Waals surface area (Å²) in [5.41, 5.74) is 3.00. The van der Waals surface area contributed by atoms with Crippen molar-refractivity contribution in [1.29, 1.82) is 0 Å². The Hall–Kier alpha value is -4.45. The number of benzene rings is 3. The van der Waals surface area contributed by atoms with Crippen molar-refractivity contribution in [2.45, 2.75) is 25.5 Å². The molecule has 0 aliphatic rings. The van der Waals surface area contributed by atoms with Crippen LogP contribution in [0.15, 0.2) is 79.1 Å². The first-order chi connectivity index (χ1) is 19.8. The van der Waals surface area contributed by atoms with Crippen molar-refractivity contribution in [2.75, 3.05) is 30.4 Å². The third kappa shape index (κ3) is 7.60. The van der Waals surface area contributed by atoms with Gasteiger partial charge in [-0.15, -0.1) is 5.10 Å². The van der Waals surface area contributed by atoms with Gasteiger partial charge in [-0.1, -0.05) is 54.1 Å². The van der Waals surface area contributed by atoms with Gasteiger partial charge in [0.1, 0.15) is 12.6 Å². The van der Waals surface area contributed by atoms with Crippen LogP contribution < -0.4 is 10.2 Å². The number of nitrogens with one attached hydrogen (secondary N) is 1. The Morgan fingerprint density at radius 1 is 1.10 bits per heavy atom. The highest BCUT2D eigenvalue weighted by Crippen LogP contribution is 2.28. The maximum absolute atomic E-state index is 13.7. The van der Waals surface area contributed by atoms with Gasteiger partial charge in [0.25, 0.3) is 0 Å². The van der Waals surface area contributed by atoms with E-state index in [9.17, 15) is 19.5 Å². The van der Waals surface area contributed by atoms with Crippen molar-refractivity contribution < 1.29 is 19.5 Å². The molecular weight excluding hydrogens is 546 g/mol. The number of aldehydes is 1.